The van der Waals surface area contributed by atoms with Crippen molar-refractivity contribution in [2.75, 3.05) is 6.61 Å². The molecule has 7 heteroatoms. The first-order chi connectivity index (χ1) is 8.54. The number of carbonyl (C=O) groups excluding carboxylic acids is 4. The summed E-state index contributed by atoms with van der Waals surface area (Å²) in [5, 5.41) is 0.484. The summed E-state index contributed by atoms with van der Waals surface area (Å²) in [6.45, 7) is 3.26. The molecule has 18 heavy (non-hydrogen) atoms. The Kier molecular flexibility index (Phi) is 5.04. The zero-order valence-corrected chi connectivity index (χ0v) is 9.72. The van der Waals surface area contributed by atoms with Gasteiger partial charge in [0.15, 0.2) is 0 Å². The van der Waals surface area contributed by atoms with Crippen LogP contribution in [0.2, 0.25) is 0 Å². The van der Waals surface area contributed by atoms with Crippen molar-refractivity contribution in [3.63, 3.8) is 0 Å². The number of ether oxygens (including phenoxy) is 1. The van der Waals surface area contributed by atoms with Crippen LogP contribution < -0.4 is 0 Å². The van der Waals surface area contributed by atoms with Gasteiger partial charge in [-0.05, 0) is 6.42 Å². The van der Waals surface area contributed by atoms with Crippen molar-refractivity contribution in [1.29, 1.82) is 0 Å². The van der Waals surface area contributed by atoms with Crippen molar-refractivity contribution in [2.45, 2.75) is 25.7 Å². The lowest BCUT2D eigenvalue weighted by atomic mass is 10.3. The Labute approximate surface area is 103 Å². The Balaban J connectivity index is 2.21. The van der Waals surface area contributed by atoms with Crippen LogP contribution in [0.25, 0.3) is 0 Å². The van der Waals surface area contributed by atoms with Gasteiger partial charge in [0.25, 0.3) is 11.8 Å². The van der Waals surface area contributed by atoms with Crippen molar-refractivity contribution >= 4 is 23.8 Å². The molecule has 1 fully saturated rings. The number of amides is 2. The number of rotatable bonds is 6. The van der Waals surface area contributed by atoms with Crippen molar-refractivity contribution in [3.8, 4) is 0 Å². The fourth-order valence-electron chi connectivity index (χ4n) is 1.25. The van der Waals surface area contributed by atoms with E-state index in [1.807, 2.05) is 0 Å². The molecule has 0 saturated carbocycles. The van der Waals surface area contributed by atoms with Gasteiger partial charge in [-0.25, -0.2) is 9.59 Å². The lowest BCUT2D eigenvalue weighted by Crippen LogP contribution is -2.32. The van der Waals surface area contributed by atoms with Gasteiger partial charge < -0.3 is 9.57 Å². The van der Waals surface area contributed by atoms with Gasteiger partial charge in [0.1, 0.15) is 0 Å². The number of nitrogens with zero attached hydrogens (tertiary/aromatic N) is 1. The summed E-state index contributed by atoms with van der Waals surface area (Å²) in [7, 11) is 0. The lowest BCUT2D eigenvalue weighted by Gasteiger charge is -2.12. The van der Waals surface area contributed by atoms with E-state index >= 15 is 0 Å². The molecule has 0 aliphatic carbocycles. The van der Waals surface area contributed by atoms with Gasteiger partial charge in [-0.3, -0.25) is 9.59 Å². The van der Waals surface area contributed by atoms with Gasteiger partial charge in [-0.1, -0.05) is 6.58 Å². The Morgan fingerprint density at radius 1 is 1.28 bits per heavy atom. The second kappa shape index (κ2) is 6.53. The molecule has 1 heterocycles. The molecule has 1 rings (SSSR count). The van der Waals surface area contributed by atoms with E-state index in [1.54, 1.807) is 0 Å². The monoisotopic (exact) mass is 255 g/mol. The summed E-state index contributed by atoms with van der Waals surface area (Å²) in [5.74, 6) is -2.33. The SMILES string of the molecule is C=CC(=O)OCCCC(=O)ON1C(=O)CCC1=O. The van der Waals surface area contributed by atoms with Gasteiger partial charge in [0, 0.05) is 18.9 Å². The van der Waals surface area contributed by atoms with Crippen molar-refractivity contribution in [2.24, 2.45) is 0 Å². The quantitative estimate of drug-likeness (QED) is 0.289. The largest absolute Gasteiger partial charge is 0.463 e. The molecule has 98 valence electrons. The molecule has 0 radical (unpaired) electrons. The molecule has 0 atom stereocenters. The van der Waals surface area contributed by atoms with Crippen LogP contribution in [0, 0.1) is 0 Å². The molecule has 0 unspecified atom stereocenters. The maximum Gasteiger partial charge on any atom is 0.333 e. The minimum absolute atomic E-state index is 0.0435. The third-order valence-corrected chi connectivity index (χ3v) is 2.14. The van der Waals surface area contributed by atoms with Crippen LogP contribution in [-0.4, -0.2) is 35.4 Å². The lowest BCUT2D eigenvalue weighted by molar-refractivity contribution is -0.197. The van der Waals surface area contributed by atoms with E-state index in [0.29, 0.717) is 5.06 Å². The Bertz CT molecular complexity index is 373. The fourth-order valence-corrected chi connectivity index (χ4v) is 1.25. The van der Waals surface area contributed by atoms with Crippen LogP contribution in [0.4, 0.5) is 0 Å². The van der Waals surface area contributed by atoms with Gasteiger partial charge in [-0.2, -0.15) is 0 Å². The zero-order chi connectivity index (χ0) is 13.5. The minimum Gasteiger partial charge on any atom is -0.463 e. The van der Waals surface area contributed by atoms with Crippen LogP contribution in [0.1, 0.15) is 25.7 Å². The van der Waals surface area contributed by atoms with Crippen molar-refractivity contribution in [1.82, 2.24) is 5.06 Å². The fraction of sp³-hybridized carbons (Fsp3) is 0.455. The Morgan fingerprint density at radius 2 is 1.89 bits per heavy atom. The highest BCUT2D eigenvalue weighted by molar-refractivity contribution is 6.01. The molecule has 1 aliphatic heterocycles. The molecule has 0 aromatic rings. The van der Waals surface area contributed by atoms with E-state index < -0.39 is 23.8 Å². The molecule has 1 aliphatic rings. The Morgan fingerprint density at radius 3 is 2.44 bits per heavy atom. The molecular formula is C11H13NO6. The maximum absolute atomic E-state index is 11.3. The summed E-state index contributed by atoms with van der Waals surface area (Å²) in [4.78, 5) is 48.8. The van der Waals surface area contributed by atoms with Gasteiger partial charge in [0.05, 0.1) is 13.0 Å². The number of hydroxylamine groups is 2. The molecule has 0 N–H and O–H groups in total. The van der Waals surface area contributed by atoms with Crippen LogP contribution in [0.5, 0.6) is 0 Å². The highest BCUT2D eigenvalue weighted by Gasteiger charge is 2.32. The number of carbonyl (C=O) groups is 4. The first kappa shape index (κ1) is 13.9. The van der Waals surface area contributed by atoms with E-state index in [2.05, 4.69) is 16.2 Å². The highest BCUT2D eigenvalue weighted by atomic mass is 16.7. The summed E-state index contributed by atoms with van der Waals surface area (Å²) < 4.78 is 4.64. The maximum atomic E-state index is 11.3. The summed E-state index contributed by atoms with van der Waals surface area (Å²) in [6.07, 6.45) is 1.32. The molecule has 1 saturated heterocycles. The van der Waals surface area contributed by atoms with Crippen LogP contribution in [0.3, 0.4) is 0 Å². The summed E-state index contributed by atoms with van der Waals surface area (Å²) in [5.41, 5.74) is 0. The minimum atomic E-state index is -0.715. The molecule has 7 nitrogen and oxygen atoms in total. The van der Waals surface area contributed by atoms with E-state index in [1.165, 1.54) is 0 Å². The second-order valence-corrected chi connectivity index (χ2v) is 3.52. The van der Waals surface area contributed by atoms with Crippen molar-refractivity contribution < 1.29 is 28.8 Å². The predicted molar refractivity (Wildman–Crippen MR) is 57.6 cm³/mol. The summed E-state index contributed by atoms with van der Waals surface area (Å²) in [6, 6.07) is 0. The molecule has 0 aromatic heterocycles. The number of imide groups is 1. The topological polar surface area (TPSA) is 90.0 Å². The number of esters is 1. The zero-order valence-electron chi connectivity index (χ0n) is 9.72. The highest BCUT2D eigenvalue weighted by Crippen LogP contribution is 2.12. The van der Waals surface area contributed by atoms with Crippen LogP contribution in [-0.2, 0) is 28.8 Å². The van der Waals surface area contributed by atoms with Gasteiger partial charge in [0.2, 0.25) is 0 Å². The number of hydrogen-bond acceptors (Lipinski definition) is 6. The summed E-state index contributed by atoms with van der Waals surface area (Å²) >= 11 is 0. The van der Waals surface area contributed by atoms with Crippen molar-refractivity contribution in [3.05, 3.63) is 12.7 Å². The second-order valence-electron chi connectivity index (χ2n) is 3.52. The molecule has 0 spiro atoms. The predicted octanol–water partition coefficient (Wildman–Crippen LogP) is 0.103. The van der Waals surface area contributed by atoms with Crippen LogP contribution >= 0.6 is 0 Å². The van der Waals surface area contributed by atoms with E-state index in [9.17, 15) is 19.2 Å². The van der Waals surface area contributed by atoms with Gasteiger partial charge >= 0.3 is 11.9 Å². The van der Waals surface area contributed by atoms with E-state index in [4.69, 9.17) is 0 Å². The smallest absolute Gasteiger partial charge is 0.333 e. The average Bonchev–Trinajstić information content (AvgIpc) is 2.66. The third-order valence-electron chi connectivity index (χ3n) is 2.14. The normalized spacial score (nSPS) is 14.6. The molecule has 0 bridgehead atoms. The molecular weight excluding hydrogens is 242 g/mol. The van der Waals surface area contributed by atoms with Crippen LogP contribution in [0.15, 0.2) is 12.7 Å². The molecule has 2 amide bonds. The first-order valence-corrected chi connectivity index (χ1v) is 5.40. The van der Waals surface area contributed by atoms with E-state index in [-0.39, 0.29) is 32.3 Å². The van der Waals surface area contributed by atoms with Gasteiger partial charge in [-0.15, -0.1) is 5.06 Å². The number of hydrogen-bond donors (Lipinski definition) is 0. The molecule has 0 aromatic carbocycles. The third kappa shape index (κ3) is 4.00. The van der Waals surface area contributed by atoms with E-state index in [0.717, 1.165) is 6.08 Å². The Hall–Kier alpha value is -2.18. The average molecular weight is 255 g/mol. The standard InChI is InChI=1S/C11H13NO6/c1-2-10(15)17-7-3-4-11(16)18-12-8(13)5-6-9(12)14/h2H,1,3-7H2. The first-order valence-electron chi connectivity index (χ1n) is 5.40.